The summed E-state index contributed by atoms with van der Waals surface area (Å²) in [5.74, 6) is -0.0119. The number of hydrogen-bond donors (Lipinski definition) is 0. The van der Waals surface area contributed by atoms with Gasteiger partial charge in [0, 0.05) is 12.1 Å². The highest BCUT2D eigenvalue weighted by Crippen LogP contribution is 2.41. The van der Waals surface area contributed by atoms with Crippen molar-refractivity contribution in [2.75, 3.05) is 14.2 Å². The minimum absolute atomic E-state index is 0.186. The van der Waals surface area contributed by atoms with Gasteiger partial charge in [-0.2, -0.15) is 0 Å². The summed E-state index contributed by atoms with van der Waals surface area (Å²) in [5.41, 5.74) is -0.346. The van der Waals surface area contributed by atoms with Crippen LogP contribution in [0.4, 0.5) is 10.1 Å². The third kappa shape index (κ3) is 3.02. The normalized spacial score (nSPS) is 10.0. The van der Waals surface area contributed by atoms with E-state index in [4.69, 9.17) is 14.2 Å². The molecule has 0 amide bonds. The lowest BCUT2D eigenvalue weighted by atomic mass is 10.2. The highest BCUT2D eigenvalue weighted by Gasteiger charge is 2.19. The van der Waals surface area contributed by atoms with Gasteiger partial charge in [-0.1, -0.05) is 6.07 Å². The predicted octanol–water partition coefficient (Wildman–Crippen LogP) is 3.54. The van der Waals surface area contributed by atoms with Gasteiger partial charge >= 0.3 is 5.69 Å². The standard InChI is InChI=1S/C14H12FNO5/c1-19-11-4-3-5-12(14(11)20-2)21-13-8-9(15)6-7-10(13)16(17)18/h3-8H,1-2H3. The highest BCUT2D eigenvalue weighted by molar-refractivity contribution is 5.55. The van der Waals surface area contributed by atoms with Crippen molar-refractivity contribution >= 4 is 5.69 Å². The number of ether oxygens (including phenoxy) is 3. The molecule has 0 fully saturated rings. The highest BCUT2D eigenvalue weighted by atomic mass is 19.1. The summed E-state index contributed by atoms with van der Waals surface area (Å²) in [7, 11) is 2.86. The molecular formula is C14H12FNO5. The van der Waals surface area contributed by atoms with E-state index < -0.39 is 10.7 Å². The third-order valence-electron chi connectivity index (χ3n) is 2.71. The van der Waals surface area contributed by atoms with Crippen LogP contribution < -0.4 is 14.2 Å². The molecule has 0 atom stereocenters. The van der Waals surface area contributed by atoms with Crippen molar-refractivity contribution in [1.29, 1.82) is 0 Å². The molecule has 110 valence electrons. The van der Waals surface area contributed by atoms with Gasteiger partial charge in [-0.05, 0) is 18.2 Å². The molecule has 0 aliphatic rings. The molecule has 0 saturated carbocycles. The second-order valence-corrected chi connectivity index (χ2v) is 3.96. The molecule has 7 heteroatoms. The zero-order chi connectivity index (χ0) is 15.4. The van der Waals surface area contributed by atoms with E-state index in [1.807, 2.05) is 0 Å². The van der Waals surface area contributed by atoms with Gasteiger partial charge in [0.1, 0.15) is 5.82 Å². The molecule has 0 aliphatic carbocycles. The Balaban J connectivity index is 2.47. The van der Waals surface area contributed by atoms with E-state index in [1.165, 1.54) is 20.3 Å². The summed E-state index contributed by atoms with van der Waals surface area (Å²) in [5, 5.41) is 10.9. The average molecular weight is 293 g/mol. The van der Waals surface area contributed by atoms with Crippen molar-refractivity contribution in [3.05, 3.63) is 52.3 Å². The minimum atomic E-state index is -0.651. The summed E-state index contributed by atoms with van der Waals surface area (Å²) in [4.78, 5) is 10.3. The van der Waals surface area contributed by atoms with Crippen LogP contribution in [-0.2, 0) is 0 Å². The van der Waals surface area contributed by atoms with Crippen LogP contribution in [0, 0.1) is 15.9 Å². The second-order valence-electron chi connectivity index (χ2n) is 3.96. The molecule has 0 saturated heterocycles. The molecule has 0 aliphatic heterocycles. The lowest BCUT2D eigenvalue weighted by Gasteiger charge is -2.13. The number of nitrogens with zero attached hydrogens (tertiary/aromatic N) is 1. The lowest BCUT2D eigenvalue weighted by molar-refractivity contribution is -0.385. The van der Waals surface area contributed by atoms with Gasteiger partial charge in [-0.25, -0.2) is 4.39 Å². The quantitative estimate of drug-likeness (QED) is 0.623. The molecule has 0 heterocycles. The van der Waals surface area contributed by atoms with Crippen molar-refractivity contribution < 1.29 is 23.5 Å². The Morgan fingerprint density at radius 1 is 1.05 bits per heavy atom. The van der Waals surface area contributed by atoms with E-state index >= 15 is 0 Å². The fourth-order valence-electron chi connectivity index (χ4n) is 1.78. The lowest BCUT2D eigenvalue weighted by Crippen LogP contribution is -1.97. The van der Waals surface area contributed by atoms with Crippen LogP contribution in [0.3, 0.4) is 0 Å². The maximum Gasteiger partial charge on any atom is 0.311 e. The Bertz CT molecular complexity index is 674. The molecule has 0 radical (unpaired) electrons. The van der Waals surface area contributed by atoms with Crippen LogP contribution in [0.5, 0.6) is 23.0 Å². The molecule has 0 unspecified atom stereocenters. The van der Waals surface area contributed by atoms with Crippen LogP contribution in [0.1, 0.15) is 0 Å². The van der Waals surface area contributed by atoms with Crippen molar-refractivity contribution in [2.24, 2.45) is 0 Å². The number of para-hydroxylation sites is 1. The summed E-state index contributed by atoms with van der Waals surface area (Å²) in [6.45, 7) is 0. The first-order chi connectivity index (χ1) is 10.1. The van der Waals surface area contributed by atoms with E-state index in [1.54, 1.807) is 12.1 Å². The molecule has 2 aromatic rings. The van der Waals surface area contributed by atoms with Crippen molar-refractivity contribution in [3.8, 4) is 23.0 Å². The molecule has 2 rings (SSSR count). The maximum absolute atomic E-state index is 13.3. The van der Waals surface area contributed by atoms with E-state index in [2.05, 4.69) is 0 Å². The van der Waals surface area contributed by atoms with Gasteiger partial charge in [-0.15, -0.1) is 0 Å². The molecular weight excluding hydrogens is 281 g/mol. The van der Waals surface area contributed by atoms with Gasteiger partial charge in [-0.3, -0.25) is 10.1 Å². The molecule has 2 aromatic carbocycles. The number of methoxy groups -OCH3 is 2. The van der Waals surface area contributed by atoms with Gasteiger partial charge in [0.25, 0.3) is 0 Å². The number of benzene rings is 2. The van der Waals surface area contributed by atoms with Gasteiger partial charge < -0.3 is 14.2 Å². The summed E-state index contributed by atoms with van der Waals surface area (Å²) >= 11 is 0. The molecule has 21 heavy (non-hydrogen) atoms. The van der Waals surface area contributed by atoms with E-state index in [0.29, 0.717) is 5.75 Å². The minimum Gasteiger partial charge on any atom is -0.493 e. The summed E-state index contributed by atoms with van der Waals surface area (Å²) < 4.78 is 29.0. The zero-order valence-electron chi connectivity index (χ0n) is 11.3. The number of halogens is 1. The predicted molar refractivity (Wildman–Crippen MR) is 72.7 cm³/mol. The Morgan fingerprint density at radius 3 is 2.38 bits per heavy atom. The van der Waals surface area contributed by atoms with E-state index in [9.17, 15) is 14.5 Å². The van der Waals surface area contributed by atoms with E-state index in [-0.39, 0.29) is 22.9 Å². The fourth-order valence-corrected chi connectivity index (χ4v) is 1.78. The Labute approximate surface area is 119 Å². The molecule has 0 spiro atoms. The summed E-state index contributed by atoms with van der Waals surface area (Å²) in [6.07, 6.45) is 0. The molecule has 0 aromatic heterocycles. The second kappa shape index (κ2) is 6.08. The van der Waals surface area contributed by atoms with E-state index in [0.717, 1.165) is 18.2 Å². The Hall–Kier alpha value is -2.83. The SMILES string of the molecule is COc1cccc(Oc2cc(F)ccc2[N+](=O)[O-])c1OC. The smallest absolute Gasteiger partial charge is 0.311 e. The van der Waals surface area contributed by atoms with Crippen LogP contribution in [0.25, 0.3) is 0 Å². The third-order valence-corrected chi connectivity index (χ3v) is 2.71. The maximum atomic E-state index is 13.3. The van der Waals surface area contributed by atoms with Crippen LogP contribution in [0.2, 0.25) is 0 Å². The number of nitro groups is 1. The zero-order valence-corrected chi connectivity index (χ0v) is 11.3. The molecule has 0 N–H and O–H groups in total. The van der Waals surface area contributed by atoms with Gasteiger partial charge in [0.05, 0.1) is 19.1 Å². The monoisotopic (exact) mass is 293 g/mol. The fraction of sp³-hybridized carbons (Fsp3) is 0.143. The first-order valence-corrected chi connectivity index (χ1v) is 5.89. The van der Waals surface area contributed by atoms with Crippen LogP contribution in [0.15, 0.2) is 36.4 Å². The topological polar surface area (TPSA) is 70.8 Å². The van der Waals surface area contributed by atoms with Crippen LogP contribution >= 0.6 is 0 Å². The number of nitro benzene ring substituents is 1. The number of hydrogen-bond acceptors (Lipinski definition) is 5. The molecule has 0 bridgehead atoms. The average Bonchev–Trinajstić information content (AvgIpc) is 2.46. The Morgan fingerprint density at radius 2 is 1.76 bits per heavy atom. The van der Waals surface area contributed by atoms with Gasteiger partial charge in [0.15, 0.2) is 11.5 Å². The first kappa shape index (κ1) is 14.6. The van der Waals surface area contributed by atoms with Crippen LogP contribution in [-0.4, -0.2) is 19.1 Å². The summed E-state index contributed by atoms with van der Waals surface area (Å²) in [6, 6.07) is 7.78. The number of rotatable bonds is 5. The molecule has 6 nitrogen and oxygen atoms in total. The van der Waals surface area contributed by atoms with Crippen molar-refractivity contribution in [3.63, 3.8) is 0 Å². The first-order valence-electron chi connectivity index (χ1n) is 5.89. The largest absolute Gasteiger partial charge is 0.493 e. The van der Waals surface area contributed by atoms with Gasteiger partial charge in [0.2, 0.25) is 11.5 Å². The Kier molecular flexibility index (Phi) is 4.22. The van der Waals surface area contributed by atoms with Crippen molar-refractivity contribution in [2.45, 2.75) is 0 Å². The van der Waals surface area contributed by atoms with Crippen molar-refractivity contribution in [1.82, 2.24) is 0 Å².